The number of nitrogens with zero attached hydrogens (tertiary/aromatic N) is 3. The van der Waals surface area contributed by atoms with Crippen LogP contribution in [0.5, 0.6) is 0 Å². The molecule has 1 N–H and O–H groups in total. The summed E-state index contributed by atoms with van der Waals surface area (Å²) >= 11 is 0. The quantitative estimate of drug-likeness (QED) is 0.659. The van der Waals surface area contributed by atoms with Gasteiger partial charge in [-0.25, -0.2) is 13.4 Å². The van der Waals surface area contributed by atoms with Gasteiger partial charge in [-0.2, -0.15) is 0 Å². The molecule has 1 aromatic rings. The van der Waals surface area contributed by atoms with Gasteiger partial charge in [-0.3, -0.25) is 4.79 Å². The van der Waals surface area contributed by atoms with E-state index >= 15 is 0 Å². The number of rotatable bonds is 1. The minimum Gasteiger partial charge on any atom is -0.339 e. The van der Waals surface area contributed by atoms with E-state index in [0.717, 1.165) is 6.26 Å². The standard InChI is InChI=1S/C9H12N4O4S/c1-12-4-5(11-9(12)18(3,15)16)10-6-8(17-6)13(2)7(4)14/h6,8,10H,1-3H3. The Hall–Kier alpha value is -1.61. The highest BCUT2D eigenvalue weighted by Gasteiger charge is 2.49. The van der Waals surface area contributed by atoms with Gasteiger partial charge in [0.05, 0.1) is 0 Å². The van der Waals surface area contributed by atoms with Crippen LogP contribution in [0.4, 0.5) is 5.82 Å². The molecule has 1 amide bonds. The van der Waals surface area contributed by atoms with Crippen molar-refractivity contribution in [2.45, 2.75) is 17.6 Å². The summed E-state index contributed by atoms with van der Waals surface area (Å²) in [7, 11) is -0.369. The van der Waals surface area contributed by atoms with E-state index < -0.39 is 9.84 Å². The van der Waals surface area contributed by atoms with Gasteiger partial charge in [-0.1, -0.05) is 0 Å². The summed E-state index contributed by atoms with van der Waals surface area (Å²) in [6.07, 6.45) is 0.426. The van der Waals surface area contributed by atoms with E-state index in [4.69, 9.17) is 4.74 Å². The molecule has 1 fully saturated rings. The minimum absolute atomic E-state index is 0.138. The number of nitrogens with one attached hydrogen (secondary N) is 1. The lowest BCUT2D eigenvalue weighted by atomic mass is 10.4. The van der Waals surface area contributed by atoms with Crippen LogP contribution in [0, 0.1) is 0 Å². The van der Waals surface area contributed by atoms with Crippen LogP contribution in [-0.4, -0.2) is 54.5 Å². The van der Waals surface area contributed by atoms with Crippen LogP contribution in [0.25, 0.3) is 0 Å². The Balaban J connectivity index is 2.20. The summed E-state index contributed by atoms with van der Waals surface area (Å²) in [6, 6.07) is 0. The predicted octanol–water partition coefficient (Wildman–Crippen LogP) is -0.996. The highest BCUT2D eigenvalue weighted by molar-refractivity contribution is 7.90. The lowest BCUT2D eigenvalue weighted by Crippen LogP contribution is -2.31. The van der Waals surface area contributed by atoms with E-state index in [1.165, 1.54) is 16.5 Å². The normalized spacial score (nSPS) is 26.2. The molecule has 0 radical (unpaired) electrons. The van der Waals surface area contributed by atoms with Crippen LogP contribution < -0.4 is 5.32 Å². The van der Waals surface area contributed by atoms with Crippen molar-refractivity contribution in [3.05, 3.63) is 5.69 Å². The molecule has 2 unspecified atom stereocenters. The van der Waals surface area contributed by atoms with E-state index in [2.05, 4.69) is 10.3 Å². The third-order valence-electron chi connectivity index (χ3n) is 3.04. The summed E-state index contributed by atoms with van der Waals surface area (Å²) in [5.74, 6) is -0.0628. The third kappa shape index (κ3) is 1.44. The molecule has 1 saturated heterocycles. The number of ether oxygens (including phenoxy) is 1. The number of carbonyl (C=O) groups is 1. The van der Waals surface area contributed by atoms with E-state index in [1.807, 2.05) is 0 Å². The number of sulfone groups is 1. The first-order valence-electron chi connectivity index (χ1n) is 5.26. The van der Waals surface area contributed by atoms with Crippen molar-refractivity contribution in [1.29, 1.82) is 0 Å². The Bertz CT molecular complexity index is 650. The topological polar surface area (TPSA) is 96.8 Å². The van der Waals surface area contributed by atoms with Crippen molar-refractivity contribution in [3.63, 3.8) is 0 Å². The molecule has 0 spiro atoms. The molecule has 0 aliphatic carbocycles. The van der Waals surface area contributed by atoms with E-state index in [1.54, 1.807) is 7.05 Å². The fourth-order valence-electron chi connectivity index (χ4n) is 2.08. The van der Waals surface area contributed by atoms with Gasteiger partial charge in [0.15, 0.2) is 24.0 Å². The zero-order valence-corrected chi connectivity index (χ0v) is 10.9. The van der Waals surface area contributed by atoms with Gasteiger partial charge in [-0.15, -0.1) is 0 Å². The monoisotopic (exact) mass is 272 g/mol. The van der Waals surface area contributed by atoms with Gasteiger partial charge in [0.25, 0.3) is 5.91 Å². The average Bonchev–Trinajstić information content (AvgIpc) is 2.93. The van der Waals surface area contributed by atoms with E-state index in [-0.39, 0.29) is 35.0 Å². The maximum atomic E-state index is 12.2. The van der Waals surface area contributed by atoms with E-state index in [9.17, 15) is 13.2 Å². The summed E-state index contributed by atoms with van der Waals surface area (Å²) in [4.78, 5) is 17.6. The molecule has 2 aliphatic rings. The second-order valence-corrected chi connectivity index (χ2v) is 6.34. The number of anilines is 1. The fourth-order valence-corrected chi connectivity index (χ4v) is 2.92. The summed E-state index contributed by atoms with van der Waals surface area (Å²) in [5, 5.41) is 2.77. The highest BCUT2D eigenvalue weighted by Crippen LogP contribution is 2.34. The van der Waals surface area contributed by atoms with Crippen molar-refractivity contribution in [2.75, 3.05) is 18.6 Å². The van der Waals surface area contributed by atoms with Gasteiger partial charge < -0.3 is 19.5 Å². The molecule has 2 aliphatic heterocycles. The molecule has 9 heteroatoms. The molecule has 0 bridgehead atoms. The molecule has 3 heterocycles. The molecule has 2 atom stereocenters. The Labute approximate surface area is 103 Å². The first-order chi connectivity index (χ1) is 8.30. The molecule has 1 aromatic heterocycles. The SMILES string of the molecule is CN1C(=O)c2c(nc(S(C)(=O)=O)n2C)NC2OC21. The predicted molar refractivity (Wildman–Crippen MR) is 60.7 cm³/mol. The van der Waals surface area contributed by atoms with Gasteiger partial charge in [-0.05, 0) is 0 Å². The summed E-state index contributed by atoms with van der Waals surface area (Å²) in [6.45, 7) is 0. The number of epoxide rings is 1. The molecule has 98 valence electrons. The smallest absolute Gasteiger partial charge is 0.276 e. The minimum atomic E-state index is -3.48. The number of aromatic nitrogens is 2. The van der Waals surface area contributed by atoms with Gasteiger partial charge in [0.2, 0.25) is 15.0 Å². The Morgan fingerprint density at radius 1 is 1.39 bits per heavy atom. The number of hydrogen-bond acceptors (Lipinski definition) is 6. The van der Waals surface area contributed by atoms with Crippen LogP contribution in [-0.2, 0) is 21.6 Å². The number of hydrogen-bond donors (Lipinski definition) is 1. The Morgan fingerprint density at radius 3 is 2.67 bits per heavy atom. The second-order valence-electron chi connectivity index (χ2n) is 4.43. The second kappa shape index (κ2) is 3.23. The first kappa shape index (κ1) is 11.5. The van der Waals surface area contributed by atoms with Crippen molar-refractivity contribution in [3.8, 4) is 0 Å². The van der Waals surface area contributed by atoms with Crippen molar-refractivity contribution in [1.82, 2.24) is 14.5 Å². The Kier molecular flexibility index (Phi) is 2.06. The zero-order valence-electron chi connectivity index (χ0n) is 10.0. The lowest BCUT2D eigenvalue weighted by molar-refractivity contribution is 0.0716. The third-order valence-corrected chi connectivity index (χ3v) is 4.07. The number of fused-ring (bicyclic) bond motifs is 2. The highest BCUT2D eigenvalue weighted by atomic mass is 32.2. The van der Waals surface area contributed by atoms with Gasteiger partial charge >= 0.3 is 0 Å². The average molecular weight is 272 g/mol. The molecule has 8 nitrogen and oxygen atoms in total. The maximum absolute atomic E-state index is 12.2. The molecule has 0 aromatic carbocycles. The number of amides is 1. The van der Waals surface area contributed by atoms with Crippen LogP contribution in [0.1, 0.15) is 10.5 Å². The van der Waals surface area contributed by atoms with Crippen molar-refractivity contribution < 1.29 is 17.9 Å². The van der Waals surface area contributed by atoms with Crippen molar-refractivity contribution >= 4 is 21.6 Å². The largest absolute Gasteiger partial charge is 0.339 e. The van der Waals surface area contributed by atoms with E-state index in [0.29, 0.717) is 0 Å². The van der Waals surface area contributed by atoms with Crippen LogP contribution in [0.15, 0.2) is 5.16 Å². The molecule has 18 heavy (non-hydrogen) atoms. The summed E-state index contributed by atoms with van der Waals surface area (Å²) in [5.41, 5.74) is 0.230. The Morgan fingerprint density at radius 2 is 2.06 bits per heavy atom. The molecular formula is C9H12N4O4S. The molecular weight excluding hydrogens is 260 g/mol. The number of carbonyl (C=O) groups excluding carboxylic acids is 1. The maximum Gasteiger partial charge on any atom is 0.276 e. The fraction of sp³-hybridized carbons (Fsp3) is 0.556. The van der Waals surface area contributed by atoms with Crippen LogP contribution in [0.3, 0.4) is 0 Å². The van der Waals surface area contributed by atoms with Gasteiger partial charge in [0, 0.05) is 20.4 Å². The number of imidazole rings is 1. The van der Waals surface area contributed by atoms with Crippen molar-refractivity contribution in [2.24, 2.45) is 7.05 Å². The zero-order chi connectivity index (χ0) is 13.2. The number of likely N-dealkylation sites (N-methyl/N-ethyl adjacent to an activating group) is 1. The molecule has 3 rings (SSSR count). The van der Waals surface area contributed by atoms with Gasteiger partial charge in [0.1, 0.15) is 0 Å². The van der Waals surface area contributed by atoms with Crippen LogP contribution >= 0.6 is 0 Å². The first-order valence-corrected chi connectivity index (χ1v) is 7.16. The molecule has 0 saturated carbocycles. The lowest BCUT2D eigenvalue weighted by Gasteiger charge is -2.13. The van der Waals surface area contributed by atoms with Crippen LogP contribution in [0.2, 0.25) is 0 Å². The summed E-state index contributed by atoms with van der Waals surface area (Å²) < 4.78 is 29.7.